The van der Waals surface area contributed by atoms with E-state index in [0.29, 0.717) is 12.3 Å². The molecule has 0 unspecified atom stereocenters. The number of aryl methyl sites for hydroxylation is 1. The summed E-state index contributed by atoms with van der Waals surface area (Å²) in [6.45, 7) is 0.271. The van der Waals surface area contributed by atoms with Crippen LogP contribution in [0.5, 0.6) is 5.75 Å². The maximum absolute atomic E-state index is 13.9. The second-order valence-electron chi connectivity index (χ2n) is 7.52. The predicted octanol–water partition coefficient (Wildman–Crippen LogP) is 5.90. The van der Waals surface area contributed by atoms with Crippen molar-refractivity contribution in [2.24, 2.45) is 0 Å². The number of hydrogen-bond acceptors (Lipinski definition) is 5. The van der Waals surface area contributed by atoms with Crippen molar-refractivity contribution in [1.82, 2.24) is 4.98 Å². The van der Waals surface area contributed by atoms with Crippen molar-refractivity contribution in [3.05, 3.63) is 70.5 Å². The summed E-state index contributed by atoms with van der Waals surface area (Å²) >= 11 is 1.60. The van der Waals surface area contributed by atoms with Crippen LogP contribution in [0.25, 0.3) is 10.6 Å². The molecular formula is C24H24FNO3S. The number of rotatable bonds is 9. The average Bonchev–Trinajstić information content (AvgIpc) is 3.50. The molecule has 0 spiro atoms. The van der Waals surface area contributed by atoms with Crippen LogP contribution >= 0.6 is 11.3 Å². The second kappa shape index (κ2) is 9.39. The van der Waals surface area contributed by atoms with Crippen molar-refractivity contribution in [2.75, 3.05) is 7.11 Å². The third kappa shape index (κ3) is 5.25. The van der Waals surface area contributed by atoms with Gasteiger partial charge in [0.15, 0.2) is 0 Å². The van der Waals surface area contributed by atoms with Gasteiger partial charge in [-0.2, -0.15) is 0 Å². The fraction of sp³-hybridized carbons (Fsp3) is 0.333. The van der Waals surface area contributed by atoms with Crippen LogP contribution in [-0.2, 0) is 22.6 Å². The normalized spacial score (nSPS) is 13.3. The molecular weight excluding hydrogens is 401 g/mol. The Morgan fingerprint density at radius 3 is 2.73 bits per heavy atom. The molecule has 156 valence electrons. The van der Waals surface area contributed by atoms with Crippen LogP contribution in [0.3, 0.4) is 0 Å². The minimum atomic E-state index is -0.280. The van der Waals surface area contributed by atoms with Gasteiger partial charge in [0.2, 0.25) is 0 Å². The third-order valence-corrected chi connectivity index (χ3v) is 6.10. The Hall–Kier alpha value is -2.73. The number of hydrogen-bond donors (Lipinski definition) is 0. The molecule has 1 aliphatic rings. The molecule has 0 aliphatic heterocycles. The fourth-order valence-corrected chi connectivity index (χ4v) is 4.28. The summed E-state index contributed by atoms with van der Waals surface area (Å²) in [4.78, 5) is 15.9. The molecule has 3 aromatic rings. The number of esters is 1. The standard InChI is InChI=1S/C24H24FNO3S/c1-28-23(27)4-2-3-16-5-10-20(11-6-16)29-14-18-13-19(25)9-12-21(18)24-26-22(15-30-24)17-7-8-17/h5-6,9-13,15,17H,2-4,7-8,14H2,1H3. The summed E-state index contributed by atoms with van der Waals surface area (Å²) in [6.07, 6.45) is 4.38. The van der Waals surface area contributed by atoms with Gasteiger partial charge in [0.1, 0.15) is 23.2 Å². The predicted molar refractivity (Wildman–Crippen MR) is 115 cm³/mol. The second-order valence-corrected chi connectivity index (χ2v) is 8.37. The lowest BCUT2D eigenvalue weighted by Gasteiger charge is -2.11. The van der Waals surface area contributed by atoms with Gasteiger partial charge in [0.05, 0.1) is 12.8 Å². The molecule has 0 amide bonds. The van der Waals surface area contributed by atoms with E-state index < -0.39 is 0 Å². The summed E-state index contributed by atoms with van der Waals surface area (Å²) < 4.78 is 24.5. The molecule has 0 bridgehead atoms. The van der Waals surface area contributed by atoms with Crippen molar-refractivity contribution in [1.29, 1.82) is 0 Å². The molecule has 0 radical (unpaired) electrons. The van der Waals surface area contributed by atoms with E-state index in [4.69, 9.17) is 9.72 Å². The zero-order chi connectivity index (χ0) is 20.9. The first-order chi connectivity index (χ1) is 14.6. The molecule has 30 heavy (non-hydrogen) atoms. The molecule has 1 aliphatic carbocycles. The van der Waals surface area contributed by atoms with E-state index in [1.54, 1.807) is 17.4 Å². The molecule has 0 saturated heterocycles. The maximum Gasteiger partial charge on any atom is 0.305 e. The van der Waals surface area contributed by atoms with Crippen LogP contribution in [0.1, 0.15) is 48.4 Å². The first-order valence-corrected chi connectivity index (χ1v) is 11.0. The minimum absolute atomic E-state index is 0.190. The number of nitrogens with zero attached hydrogens (tertiary/aromatic N) is 1. The van der Waals surface area contributed by atoms with E-state index in [1.807, 2.05) is 24.3 Å². The highest BCUT2D eigenvalue weighted by Gasteiger charge is 2.26. The minimum Gasteiger partial charge on any atom is -0.489 e. The van der Waals surface area contributed by atoms with Crippen molar-refractivity contribution in [2.45, 2.75) is 44.6 Å². The van der Waals surface area contributed by atoms with E-state index in [0.717, 1.165) is 46.0 Å². The highest BCUT2D eigenvalue weighted by atomic mass is 32.1. The van der Waals surface area contributed by atoms with Crippen LogP contribution in [0.2, 0.25) is 0 Å². The number of carbonyl (C=O) groups excluding carboxylic acids is 1. The molecule has 1 heterocycles. The van der Waals surface area contributed by atoms with Crippen molar-refractivity contribution in [3.8, 4) is 16.3 Å². The lowest BCUT2D eigenvalue weighted by Crippen LogP contribution is -2.01. The van der Waals surface area contributed by atoms with Gasteiger partial charge in [-0.1, -0.05) is 12.1 Å². The summed E-state index contributed by atoms with van der Waals surface area (Å²) in [5.41, 5.74) is 3.99. The van der Waals surface area contributed by atoms with Crippen LogP contribution in [0.4, 0.5) is 4.39 Å². The Morgan fingerprint density at radius 1 is 1.20 bits per heavy atom. The van der Waals surface area contributed by atoms with Crippen molar-refractivity contribution >= 4 is 17.3 Å². The Balaban J connectivity index is 1.39. The Labute approximate surface area is 179 Å². The fourth-order valence-electron chi connectivity index (χ4n) is 3.32. The van der Waals surface area contributed by atoms with Crippen LogP contribution in [-0.4, -0.2) is 18.1 Å². The van der Waals surface area contributed by atoms with Gasteiger partial charge in [-0.15, -0.1) is 11.3 Å². The van der Waals surface area contributed by atoms with Crippen LogP contribution in [0.15, 0.2) is 47.8 Å². The topological polar surface area (TPSA) is 48.4 Å². The lowest BCUT2D eigenvalue weighted by atomic mass is 10.1. The number of methoxy groups -OCH3 is 1. The number of thiazole rings is 1. The molecule has 1 fully saturated rings. The largest absolute Gasteiger partial charge is 0.489 e. The van der Waals surface area contributed by atoms with Gasteiger partial charge in [0.25, 0.3) is 0 Å². The van der Waals surface area contributed by atoms with Gasteiger partial charge in [-0.25, -0.2) is 9.37 Å². The zero-order valence-electron chi connectivity index (χ0n) is 16.9. The number of benzene rings is 2. The zero-order valence-corrected chi connectivity index (χ0v) is 17.7. The summed E-state index contributed by atoms with van der Waals surface area (Å²) in [5, 5.41) is 3.02. The van der Waals surface area contributed by atoms with E-state index in [-0.39, 0.29) is 18.4 Å². The number of aromatic nitrogens is 1. The molecule has 0 N–H and O–H groups in total. The average molecular weight is 426 g/mol. The van der Waals surface area contributed by atoms with Gasteiger partial charge < -0.3 is 9.47 Å². The molecule has 1 aromatic heterocycles. The highest BCUT2D eigenvalue weighted by Crippen LogP contribution is 2.42. The Kier molecular flexibility index (Phi) is 6.43. The SMILES string of the molecule is COC(=O)CCCc1ccc(OCc2cc(F)ccc2-c2nc(C3CC3)cs2)cc1. The monoisotopic (exact) mass is 425 g/mol. The quantitative estimate of drug-likeness (QED) is 0.401. The Morgan fingerprint density at radius 2 is 2.00 bits per heavy atom. The molecule has 6 heteroatoms. The Bertz CT molecular complexity index is 1010. The summed E-state index contributed by atoms with van der Waals surface area (Å²) in [7, 11) is 1.40. The van der Waals surface area contributed by atoms with Crippen LogP contribution < -0.4 is 4.74 Å². The maximum atomic E-state index is 13.9. The number of halogens is 1. The number of carbonyl (C=O) groups is 1. The van der Waals surface area contributed by atoms with E-state index in [9.17, 15) is 9.18 Å². The smallest absolute Gasteiger partial charge is 0.305 e. The molecule has 4 rings (SSSR count). The summed E-state index contributed by atoms with van der Waals surface area (Å²) in [5.74, 6) is 0.851. The van der Waals surface area contributed by atoms with Gasteiger partial charge in [-0.05, 0) is 61.6 Å². The van der Waals surface area contributed by atoms with Crippen LogP contribution in [0, 0.1) is 5.82 Å². The first-order valence-electron chi connectivity index (χ1n) is 10.1. The van der Waals surface area contributed by atoms with E-state index >= 15 is 0 Å². The molecule has 1 saturated carbocycles. The van der Waals surface area contributed by atoms with Gasteiger partial charge in [0, 0.05) is 28.8 Å². The summed E-state index contributed by atoms with van der Waals surface area (Å²) in [6, 6.07) is 12.6. The van der Waals surface area contributed by atoms with Gasteiger partial charge >= 0.3 is 5.97 Å². The third-order valence-electron chi connectivity index (χ3n) is 5.21. The lowest BCUT2D eigenvalue weighted by molar-refractivity contribution is -0.140. The van der Waals surface area contributed by atoms with Crippen molar-refractivity contribution < 1.29 is 18.7 Å². The number of ether oxygens (including phenoxy) is 2. The van der Waals surface area contributed by atoms with Crippen molar-refractivity contribution in [3.63, 3.8) is 0 Å². The molecule has 0 atom stereocenters. The van der Waals surface area contributed by atoms with E-state index in [2.05, 4.69) is 10.1 Å². The molecule has 2 aromatic carbocycles. The highest BCUT2D eigenvalue weighted by molar-refractivity contribution is 7.13. The van der Waals surface area contributed by atoms with E-state index in [1.165, 1.54) is 32.1 Å². The van der Waals surface area contributed by atoms with Gasteiger partial charge in [-0.3, -0.25) is 4.79 Å². The first kappa shape index (κ1) is 20.5. The molecule has 4 nitrogen and oxygen atoms in total.